The zero-order valence-corrected chi connectivity index (χ0v) is 12.7. The van der Waals surface area contributed by atoms with Crippen molar-refractivity contribution in [1.29, 1.82) is 0 Å². The second-order valence-corrected chi connectivity index (χ2v) is 5.44. The Hall–Kier alpha value is -1.78. The summed E-state index contributed by atoms with van der Waals surface area (Å²) in [6.45, 7) is 1.75. The highest BCUT2D eigenvalue weighted by atomic mass is 35.5. The second-order valence-electron chi connectivity index (χ2n) is 4.60. The maximum Gasteiger partial charge on any atom is 0.254 e. The maximum absolute atomic E-state index is 13.6. The van der Waals surface area contributed by atoms with Crippen LogP contribution in [0.1, 0.15) is 28.9 Å². The van der Waals surface area contributed by atoms with Crippen molar-refractivity contribution in [2.45, 2.75) is 13.0 Å². The predicted molar refractivity (Wildman–Crippen MR) is 83.2 cm³/mol. The summed E-state index contributed by atoms with van der Waals surface area (Å²) in [5, 5.41) is 3.62. The molecule has 110 valence electrons. The maximum atomic E-state index is 13.6. The number of nitrogens with two attached hydrogens (primary N) is 1. The topological polar surface area (TPSA) is 55.1 Å². The lowest BCUT2D eigenvalue weighted by molar-refractivity contribution is 0.0936. The van der Waals surface area contributed by atoms with Crippen LogP contribution in [0.2, 0.25) is 10.0 Å². The Morgan fingerprint density at radius 3 is 2.62 bits per heavy atom. The summed E-state index contributed by atoms with van der Waals surface area (Å²) in [5.41, 5.74) is 6.47. The molecule has 2 aromatic carbocycles. The van der Waals surface area contributed by atoms with E-state index in [-0.39, 0.29) is 5.56 Å². The largest absolute Gasteiger partial charge is 0.399 e. The zero-order valence-electron chi connectivity index (χ0n) is 11.2. The third kappa shape index (κ3) is 3.65. The number of carbonyl (C=O) groups excluding carboxylic acids is 1. The molecule has 1 amide bonds. The number of nitrogens with one attached hydrogen (secondary N) is 1. The molecule has 0 bridgehead atoms. The fraction of sp³-hybridized carbons (Fsp3) is 0.133. The van der Waals surface area contributed by atoms with Gasteiger partial charge < -0.3 is 11.1 Å². The van der Waals surface area contributed by atoms with Gasteiger partial charge >= 0.3 is 0 Å². The third-order valence-electron chi connectivity index (χ3n) is 3.01. The van der Waals surface area contributed by atoms with E-state index in [9.17, 15) is 9.18 Å². The lowest BCUT2D eigenvalue weighted by atomic mass is 10.1. The summed E-state index contributed by atoms with van der Waals surface area (Å²) in [4.78, 5) is 12.1. The van der Waals surface area contributed by atoms with Crippen molar-refractivity contribution in [2.75, 3.05) is 5.73 Å². The van der Waals surface area contributed by atoms with Crippen molar-refractivity contribution in [3.63, 3.8) is 0 Å². The Morgan fingerprint density at radius 2 is 1.95 bits per heavy atom. The third-order valence-corrected chi connectivity index (χ3v) is 3.57. The molecule has 0 aliphatic rings. The van der Waals surface area contributed by atoms with Crippen LogP contribution < -0.4 is 11.1 Å². The number of anilines is 1. The minimum absolute atomic E-state index is 0.105. The van der Waals surface area contributed by atoms with Crippen LogP contribution in [-0.4, -0.2) is 5.91 Å². The van der Waals surface area contributed by atoms with Gasteiger partial charge in [0.2, 0.25) is 0 Å². The van der Waals surface area contributed by atoms with Crippen molar-refractivity contribution in [3.8, 4) is 0 Å². The van der Waals surface area contributed by atoms with Crippen molar-refractivity contribution in [1.82, 2.24) is 5.32 Å². The molecule has 21 heavy (non-hydrogen) atoms. The van der Waals surface area contributed by atoms with E-state index in [4.69, 9.17) is 28.9 Å². The number of rotatable bonds is 3. The fourth-order valence-electron chi connectivity index (χ4n) is 1.92. The van der Waals surface area contributed by atoms with E-state index in [0.717, 1.165) is 6.07 Å². The van der Waals surface area contributed by atoms with Gasteiger partial charge in [0.25, 0.3) is 5.91 Å². The molecule has 0 saturated carbocycles. The second kappa shape index (κ2) is 6.33. The normalized spacial score (nSPS) is 12.0. The Bertz CT molecular complexity index is 691. The molecule has 2 aromatic rings. The van der Waals surface area contributed by atoms with Crippen molar-refractivity contribution < 1.29 is 9.18 Å². The summed E-state index contributed by atoms with van der Waals surface area (Å²) < 4.78 is 13.6. The van der Waals surface area contributed by atoms with Gasteiger partial charge in [-0.1, -0.05) is 29.3 Å². The van der Waals surface area contributed by atoms with E-state index in [1.165, 1.54) is 12.1 Å². The van der Waals surface area contributed by atoms with E-state index < -0.39 is 17.8 Å². The van der Waals surface area contributed by atoms with Crippen LogP contribution in [-0.2, 0) is 0 Å². The van der Waals surface area contributed by atoms with Crippen LogP contribution >= 0.6 is 23.2 Å². The van der Waals surface area contributed by atoms with E-state index in [2.05, 4.69) is 5.32 Å². The summed E-state index contributed by atoms with van der Waals surface area (Å²) in [7, 11) is 0. The van der Waals surface area contributed by atoms with Gasteiger partial charge in [-0.25, -0.2) is 4.39 Å². The molecule has 3 nitrogen and oxygen atoms in total. The summed E-state index contributed by atoms with van der Waals surface area (Å²) >= 11 is 11.9. The molecule has 0 saturated heterocycles. The van der Waals surface area contributed by atoms with Crippen molar-refractivity contribution in [2.24, 2.45) is 0 Å². The van der Waals surface area contributed by atoms with Crippen LogP contribution in [0.15, 0.2) is 36.4 Å². The van der Waals surface area contributed by atoms with Gasteiger partial charge in [0, 0.05) is 15.7 Å². The number of benzene rings is 2. The fourth-order valence-corrected chi connectivity index (χ4v) is 2.49. The van der Waals surface area contributed by atoms with E-state index in [0.29, 0.717) is 21.3 Å². The molecule has 2 rings (SSSR count). The first-order valence-corrected chi connectivity index (χ1v) is 6.95. The quantitative estimate of drug-likeness (QED) is 0.830. The molecule has 3 N–H and O–H groups in total. The average molecular weight is 327 g/mol. The average Bonchev–Trinajstić information content (AvgIpc) is 2.41. The minimum atomic E-state index is -0.629. The minimum Gasteiger partial charge on any atom is -0.399 e. The molecule has 1 atom stereocenters. The number of halogens is 3. The predicted octanol–water partition coefficient (Wildman–Crippen LogP) is 4.21. The lowest BCUT2D eigenvalue weighted by Crippen LogP contribution is -2.27. The summed E-state index contributed by atoms with van der Waals surface area (Å²) in [6, 6.07) is 8.42. The van der Waals surface area contributed by atoms with Gasteiger partial charge in [-0.3, -0.25) is 4.79 Å². The highest BCUT2D eigenvalue weighted by Gasteiger charge is 2.17. The van der Waals surface area contributed by atoms with Crippen LogP contribution in [0.5, 0.6) is 0 Å². The first kappa shape index (κ1) is 15.6. The van der Waals surface area contributed by atoms with E-state index in [1.807, 2.05) is 0 Å². The molecular formula is C15H13Cl2FN2O. The smallest absolute Gasteiger partial charge is 0.254 e. The Balaban J connectivity index is 2.20. The molecular weight excluding hydrogens is 314 g/mol. The van der Waals surface area contributed by atoms with Crippen LogP contribution in [0, 0.1) is 5.82 Å². The molecule has 1 unspecified atom stereocenters. The first-order chi connectivity index (χ1) is 9.88. The molecule has 0 aliphatic carbocycles. The van der Waals surface area contributed by atoms with Crippen LogP contribution in [0.25, 0.3) is 0 Å². The number of hydrogen-bond acceptors (Lipinski definition) is 2. The molecule has 0 radical (unpaired) electrons. The molecule has 0 aromatic heterocycles. The number of nitrogen functional groups attached to an aromatic ring is 1. The standard InChI is InChI=1S/C15H13Cl2FN2O/c1-8(11-4-2-9(16)6-13(11)17)20-15(21)12-7-10(19)3-5-14(12)18/h2-8H,19H2,1H3,(H,20,21). The van der Waals surface area contributed by atoms with E-state index >= 15 is 0 Å². The monoisotopic (exact) mass is 326 g/mol. The van der Waals surface area contributed by atoms with Gasteiger partial charge in [0.15, 0.2) is 0 Å². The first-order valence-electron chi connectivity index (χ1n) is 6.19. The Morgan fingerprint density at radius 1 is 1.24 bits per heavy atom. The van der Waals surface area contributed by atoms with Gasteiger partial charge in [0.05, 0.1) is 11.6 Å². The lowest BCUT2D eigenvalue weighted by Gasteiger charge is -2.16. The van der Waals surface area contributed by atoms with Crippen LogP contribution in [0.3, 0.4) is 0 Å². The molecule has 6 heteroatoms. The number of carbonyl (C=O) groups is 1. The number of hydrogen-bond donors (Lipinski definition) is 2. The molecule has 0 fully saturated rings. The van der Waals surface area contributed by atoms with Gasteiger partial charge in [-0.15, -0.1) is 0 Å². The number of amides is 1. The van der Waals surface area contributed by atoms with Crippen LogP contribution in [0.4, 0.5) is 10.1 Å². The Kier molecular flexibility index (Phi) is 4.70. The highest BCUT2D eigenvalue weighted by molar-refractivity contribution is 6.35. The van der Waals surface area contributed by atoms with Crippen molar-refractivity contribution >= 4 is 34.8 Å². The van der Waals surface area contributed by atoms with Gasteiger partial charge in [-0.05, 0) is 42.8 Å². The zero-order chi connectivity index (χ0) is 15.6. The SMILES string of the molecule is CC(NC(=O)c1cc(N)ccc1F)c1ccc(Cl)cc1Cl. The van der Waals surface area contributed by atoms with Gasteiger partial charge in [-0.2, -0.15) is 0 Å². The summed E-state index contributed by atoms with van der Waals surface area (Å²) in [5.74, 6) is -1.19. The molecule has 0 heterocycles. The summed E-state index contributed by atoms with van der Waals surface area (Å²) in [6.07, 6.45) is 0. The molecule has 0 aliphatic heterocycles. The highest BCUT2D eigenvalue weighted by Crippen LogP contribution is 2.26. The Labute approximate surface area is 131 Å². The van der Waals surface area contributed by atoms with Crippen molar-refractivity contribution in [3.05, 3.63) is 63.4 Å². The molecule has 0 spiro atoms. The van der Waals surface area contributed by atoms with Gasteiger partial charge in [0.1, 0.15) is 5.82 Å². The van der Waals surface area contributed by atoms with E-state index in [1.54, 1.807) is 25.1 Å².